The summed E-state index contributed by atoms with van der Waals surface area (Å²) in [5, 5.41) is 7.80. The number of aromatic amines is 1. The summed E-state index contributed by atoms with van der Waals surface area (Å²) in [6.45, 7) is 0. The van der Waals surface area contributed by atoms with E-state index in [1.807, 2.05) is 36.4 Å². The fourth-order valence-corrected chi connectivity index (χ4v) is 4.02. The molecule has 0 aliphatic heterocycles. The second kappa shape index (κ2) is 6.94. The number of primary amides is 2. The largest absolute Gasteiger partial charge is 0.457 e. The highest BCUT2D eigenvalue weighted by molar-refractivity contribution is 6.08. The van der Waals surface area contributed by atoms with Crippen molar-refractivity contribution < 1.29 is 14.3 Å². The number of hydrogen-bond acceptors (Lipinski definition) is 5. The van der Waals surface area contributed by atoms with Gasteiger partial charge < -0.3 is 16.2 Å². The monoisotopic (exact) mass is 413 g/mol. The standard InChI is InChI=1S/C23H19N5O3/c24-21(29)23(22(25)30)12-17(23)13-1-4-15(5-2-13)31-20-8-9-26-19-11-14(3-6-16(19)20)18-7-10-27-28-18/h1-11,17H,12H2,(H2,24,29)(H2,25,30)(H,27,28). The van der Waals surface area contributed by atoms with Crippen molar-refractivity contribution in [2.45, 2.75) is 12.3 Å². The zero-order chi connectivity index (χ0) is 21.6. The lowest BCUT2D eigenvalue weighted by Gasteiger charge is -2.11. The van der Waals surface area contributed by atoms with Gasteiger partial charge in [0.15, 0.2) is 0 Å². The Balaban J connectivity index is 1.39. The van der Waals surface area contributed by atoms with Crippen LogP contribution in [0.25, 0.3) is 22.2 Å². The highest BCUT2D eigenvalue weighted by atomic mass is 16.5. The lowest BCUT2D eigenvalue weighted by molar-refractivity contribution is -0.133. The number of carbonyl (C=O) groups excluding carboxylic acids is 2. The van der Waals surface area contributed by atoms with Gasteiger partial charge in [-0.1, -0.05) is 18.2 Å². The molecule has 1 saturated carbocycles. The molecule has 0 spiro atoms. The fraction of sp³-hybridized carbons (Fsp3) is 0.130. The number of nitrogens with one attached hydrogen (secondary N) is 1. The van der Waals surface area contributed by atoms with Crippen molar-refractivity contribution in [3.63, 3.8) is 0 Å². The number of rotatable bonds is 6. The summed E-state index contributed by atoms with van der Waals surface area (Å²) < 4.78 is 6.08. The summed E-state index contributed by atoms with van der Waals surface area (Å²) in [6.07, 6.45) is 3.74. The maximum atomic E-state index is 11.7. The predicted octanol–water partition coefficient (Wildman–Crippen LogP) is 2.86. The van der Waals surface area contributed by atoms with Crippen LogP contribution in [0.5, 0.6) is 11.5 Å². The zero-order valence-electron chi connectivity index (χ0n) is 16.4. The molecule has 8 heteroatoms. The number of amides is 2. The molecule has 4 aromatic rings. The molecule has 2 aromatic carbocycles. The van der Waals surface area contributed by atoms with Crippen molar-refractivity contribution in [2.75, 3.05) is 0 Å². The van der Waals surface area contributed by atoms with Crippen LogP contribution in [0.4, 0.5) is 0 Å². The summed E-state index contributed by atoms with van der Waals surface area (Å²) in [7, 11) is 0. The van der Waals surface area contributed by atoms with E-state index in [-0.39, 0.29) is 5.92 Å². The Morgan fingerprint density at radius 2 is 1.77 bits per heavy atom. The summed E-state index contributed by atoms with van der Waals surface area (Å²) in [5.74, 6) is -0.354. The Bertz CT molecular complexity index is 1280. The molecule has 154 valence electrons. The molecule has 31 heavy (non-hydrogen) atoms. The highest BCUT2D eigenvalue weighted by Crippen LogP contribution is 2.59. The Morgan fingerprint density at radius 3 is 2.42 bits per heavy atom. The van der Waals surface area contributed by atoms with E-state index >= 15 is 0 Å². The summed E-state index contributed by atoms with van der Waals surface area (Å²) in [6, 6.07) is 16.9. The summed E-state index contributed by atoms with van der Waals surface area (Å²) in [5.41, 5.74) is 13.1. The number of ether oxygens (including phenoxy) is 1. The summed E-state index contributed by atoms with van der Waals surface area (Å²) >= 11 is 0. The minimum Gasteiger partial charge on any atom is -0.457 e. The molecule has 1 aliphatic rings. The summed E-state index contributed by atoms with van der Waals surface area (Å²) in [4.78, 5) is 27.9. The number of fused-ring (bicyclic) bond motifs is 1. The maximum Gasteiger partial charge on any atom is 0.233 e. The lowest BCUT2D eigenvalue weighted by atomic mass is 9.97. The number of H-pyrrole nitrogens is 1. The molecule has 8 nitrogen and oxygen atoms in total. The van der Waals surface area contributed by atoms with Crippen LogP contribution in [0.15, 0.2) is 67.0 Å². The third-order valence-corrected chi connectivity index (χ3v) is 5.86. The van der Waals surface area contributed by atoms with Gasteiger partial charge in [0.1, 0.15) is 16.9 Å². The minimum atomic E-state index is -1.28. The molecular weight excluding hydrogens is 394 g/mol. The molecule has 1 fully saturated rings. The molecular formula is C23H19N5O3. The van der Waals surface area contributed by atoms with Crippen molar-refractivity contribution in [1.82, 2.24) is 15.2 Å². The van der Waals surface area contributed by atoms with E-state index in [9.17, 15) is 9.59 Å². The SMILES string of the molecule is NC(=O)C1(C(N)=O)CC1c1ccc(Oc2ccnc3cc(-c4ccn[nH]4)ccc23)cc1. The maximum absolute atomic E-state index is 11.7. The van der Waals surface area contributed by atoms with Crippen LogP contribution in [-0.2, 0) is 9.59 Å². The quantitative estimate of drug-likeness (QED) is 0.417. The molecule has 2 heterocycles. The van der Waals surface area contributed by atoms with Crippen molar-refractivity contribution in [1.29, 1.82) is 0 Å². The Hall–Kier alpha value is -4.20. The molecule has 2 amide bonds. The fourth-order valence-electron chi connectivity index (χ4n) is 4.02. The number of nitrogens with zero attached hydrogens (tertiary/aromatic N) is 2. The third kappa shape index (κ3) is 3.09. The van der Waals surface area contributed by atoms with E-state index in [1.165, 1.54) is 0 Å². The van der Waals surface area contributed by atoms with Crippen LogP contribution in [0.3, 0.4) is 0 Å². The number of aromatic nitrogens is 3. The average Bonchev–Trinajstić information content (AvgIpc) is 3.31. The van der Waals surface area contributed by atoms with Crippen molar-refractivity contribution >= 4 is 22.7 Å². The van der Waals surface area contributed by atoms with Crippen LogP contribution < -0.4 is 16.2 Å². The van der Waals surface area contributed by atoms with Gasteiger partial charge >= 0.3 is 0 Å². The third-order valence-electron chi connectivity index (χ3n) is 5.86. The van der Waals surface area contributed by atoms with Gasteiger partial charge in [0.2, 0.25) is 11.8 Å². The van der Waals surface area contributed by atoms with Crippen molar-refractivity contribution in [3.8, 4) is 22.8 Å². The highest BCUT2D eigenvalue weighted by Gasteiger charge is 2.64. The van der Waals surface area contributed by atoms with Crippen LogP contribution in [-0.4, -0.2) is 27.0 Å². The normalized spacial score (nSPS) is 16.7. The Morgan fingerprint density at radius 1 is 1.00 bits per heavy atom. The Labute approximate surface area is 177 Å². The first-order valence-corrected chi connectivity index (χ1v) is 9.75. The van der Waals surface area contributed by atoms with Crippen LogP contribution in [0.1, 0.15) is 17.9 Å². The number of pyridine rings is 1. The van der Waals surface area contributed by atoms with E-state index in [0.717, 1.165) is 27.7 Å². The number of nitrogens with two attached hydrogens (primary N) is 2. The van der Waals surface area contributed by atoms with E-state index in [4.69, 9.17) is 16.2 Å². The van der Waals surface area contributed by atoms with Gasteiger partial charge in [-0.05, 0) is 48.4 Å². The van der Waals surface area contributed by atoms with Gasteiger partial charge in [0.25, 0.3) is 0 Å². The smallest absolute Gasteiger partial charge is 0.233 e. The van der Waals surface area contributed by atoms with Crippen LogP contribution in [0.2, 0.25) is 0 Å². The van der Waals surface area contributed by atoms with Crippen molar-refractivity contribution in [3.05, 3.63) is 72.6 Å². The number of benzene rings is 2. The predicted molar refractivity (Wildman–Crippen MR) is 114 cm³/mol. The molecule has 1 aliphatic carbocycles. The van der Waals surface area contributed by atoms with E-state index < -0.39 is 17.2 Å². The first-order valence-electron chi connectivity index (χ1n) is 9.75. The topological polar surface area (TPSA) is 137 Å². The van der Waals surface area contributed by atoms with Crippen LogP contribution in [0, 0.1) is 5.41 Å². The van der Waals surface area contributed by atoms with Gasteiger partial charge in [-0.2, -0.15) is 5.10 Å². The van der Waals surface area contributed by atoms with E-state index in [2.05, 4.69) is 15.2 Å². The molecule has 1 unspecified atom stereocenters. The van der Waals surface area contributed by atoms with Gasteiger partial charge in [0, 0.05) is 29.3 Å². The molecule has 0 radical (unpaired) electrons. The number of hydrogen-bond donors (Lipinski definition) is 3. The second-order valence-electron chi connectivity index (χ2n) is 7.64. The molecule has 0 saturated heterocycles. The molecule has 5 N–H and O–H groups in total. The molecule has 5 rings (SSSR count). The van der Waals surface area contributed by atoms with E-state index in [0.29, 0.717) is 17.9 Å². The average molecular weight is 413 g/mol. The minimum absolute atomic E-state index is 0.292. The van der Waals surface area contributed by atoms with Gasteiger partial charge in [-0.15, -0.1) is 0 Å². The Kier molecular flexibility index (Phi) is 4.21. The number of carbonyl (C=O) groups is 2. The van der Waals surface area contributed by atoms with Crippen molar-refractivity contribution in [2.24, 2.45) is 16.9 Å². The zero-order valence-corrected chi connectivity index (χ0v) is 16.4. The molecule has 2 aromatic heterocycles. The first-order chi connectivity index (χ1) is 15.0. The van der Waals surface area contributed by atoms with Gasteiger partial charge in [0.05, 0.1) is 11.2 Å². The van der Waals surface area contributed by atoms with Gasteiger partial charge in [-0.3, -0.25) is 19.7 Å². The molecule has 0 bridgehead atoms. The van der Waals surface area contributed by atoms with Crippen LogP contribution >= 0.6 is 0 Å². The van der Waals surface area contributed by atoms with Gasteiger partial charge in [-0.25, -0.2) is 0 Å². The lowest BCUT2D eigenvalue weighted by Crippen LogP contribution is -2.38. The second-order valence-corrected chi connectivity index (χ2v) is 7.64. The van der Waals surface area contributed by atoms with E-state index in [1.54, 1.807) is 30.6 Å². The first kappa shape index (κ1) is 18.8. The molecule has 1 atom stereocenters.